The van der Waals surface area contributed by atoms with Crippen LogP contribution in [0.15, 0.2) is 24.3 Å². The van der Waals surface area contributed by atoms with Crippen molar-refractivity contribution in [3.8, 4) is 0 Å². The van der Waals surface area contributed by atoms with E-state index in [4.69, 9.17) is 4.74 Å². The molecule has 1 aromatic carbocycles. The summed E-state index contributed by atoms with van der Waals surface area (Å²) in [5, 5.41) is 4.89. The first-order valence-corrected chi connectivity index (χ1v) is 7.03. The lowest BCUT2D eigenvalue weighted by Gasteiger charge is -2.23. The standard InChI is InChI=1S/C15H21N3O3/c1-11-9-12-5-3-4-6-13(12)18(11)10-14(19)17-15(20)16-7-8-21-2/h3-6,11H,7-10H2,1-2H3,(H2,16,17,19,20). The minimum absolute atomic E-state index is 0.176. The summed E-state index contributed by atoms with van der Waals surface area (Å²) in [6.45, 7) is 3.04. The molecule has 114 valence electrons. The maximum absolute atomic E-state index is 12.0. The maximum atomic E-state index is 12.0. The SMILES string of the molecule is COCCNC(=O)NC(=O)CN1c2ccccc2CC1C. The van der Waals surface area contributed by atoms with Gasteiger partial charge in [0.2, 0.25) is 5.91 Å². The Labute approximate surface area is 124 Å². The Balaban J connectivity index is 1.87. The summed E-state index contributed by atoms with van der Waals surface area (Å²) in [4.78, 5) is 25.5. The number of benzene rings is 1. The van der Waals surface area contributed by atoms with E-state index in [2.05, 4.69) is 23.6 Å². The molecular weight excluding hydrogens is 270 g/mol. The van der Waals surface area contributed by atoms with Crippen LogP contribution in [0.3, 0.4) is 0 Å². The molecule has 1 unspecified atom stereocenters. The van der Waals surface area contributed by atoms with Gasteiger partial charge in [-0.3, -0.25) is 10.1 Å². The van der Waals surface area contributed by atoms with E-state index in [9.17, 15) is 9.59 Å². The lowest BCUT2D eigenvalue weighted by atomic mass is 10.1. The van der Waals surface area contributed by atoms with Crippen LogP contribution in [0.1, 0.15) is 12.5 Å². The highest BCUT2D eigenvalue weighted by atomic mass is 16.5. The molecule has 21 heavy (non-hydrogen) atoms. The molecule has 1 aromatic rings. The molecule has 2 N–H and O–H groups in total. The van der Waals surface area contributed by atoms with Gasteiger partial charge in [0.25, 0.3) is 0 Å². The number of amides is 3. The van der Waals surface area contributed by atoms with Crippen molar-refractivity contribution in [1.82, 2.24) is 10.6 Å². The Morgan fingerprint density at radius 2 is 2.14 bits per heavy atom. The summed E-state index contributed by atoms with van der Waals surface area (Å²) in [5.74, 6) is -0.312. The van der Waals surface area contributed by atoms with E-state index in [-0.39, 0.29) is 18.5 Å². The zero-order valence-electron chi connectivity index (χ0n) is 12.4. The minimum Gasteiger partial charge on any atom is -0.383 e. The molecule has 2 rings (SSSR count). The Morgan fingerprint density at radius 1 is 1.38 bits per heavy atom. The van der Waals surface area contributed by atoms with Crippen LogP contribution < -0.4 is 15.5 Å². The topological polar surface area (TPSA) is 70.7 Å². The van der Waals surface area contributed by atoms with E-state index in [1.165, 1.54) is 5.56 Å². The third-order valence-corrected chi connectivity index (χ3v) is 3.51. The van der Waals surface area contributed by atoms with Crippen LogP contribution in [0.5, 0.6) is 0 Å². The molecule has 0 spiro atoms. The Hall–Kier alpha value is -2.08. The van der Waals surface area contributed by atoms with Crippen LogP contribution in [0.25, 0.3) is 0 Å². The van der Waals surface area contributed by atoms with Crippen molar-refractivity contribution in [3.63, 3.8) is 0 Å². The molecule has 1 atom stereocenters. The van der Waals surface area contributed by atoms with Crippen LogP contribution in [-0.4, -0.2) is 44.8 Å². The van der Waals surface area contributed by atoms with E-state index in [1.807, 2.05) is 23.1 Å². The van der Waals surface area contributed by atoms with Gasteiger partial charge in [-0.2, -0.15) is 0 Å². The van der Waals surface area contributed by atoms with Crippen molar-refractivity contribution in [2.24, 2.45) is 0 Å². The van der Waals surface area contributed by atoms with Crippen LogP contribution in [0, 0.1) is 0 Å². The van der Waals surface area contributed by atoms with Gasteiger partial charge in [0.1, 0.15) is 0 Å². The van der Waals surface area contributed by atoms with Gasteiger partial charge in [0, 0.05) is 25.4 Å². The highest BCUT2D eigenvalue weighted by Crippen LogP contribution is 2.31. The number of carbonyl (C=O) groups is 2. The molecule has 0 radical (unpaired) electrons. The molecule has 3 amide bonds. The summed E-state index contributed by atoms with van der Waals surface area (Å²) < 4.78 is 4.82. The van der Waals surface area contributed by atoms with Crippen molar-refractivity contribution < 1.29 is 14.3 Å². The van der Waals surface area contributed by atoms with Crippen molar-refractivity contribution in [3.05, 3.63) is 29.8 Å². The normalized spacial score (nSPS) is 16.5. The molecule has 1 heterocycles. The molecule has 6 nitrogen and oxygen atoms in total. The zero-order chi connectivity index (χ0) is 15.2. The number of anilines is 1. The minimum atomic E-state index is -0.489. The molecule has 0 saturated carbocycles. The molecule has 0 saturated heterocycles. The van der Waals surface area contributed by atoms with Crippen molar-refractivity contribution in [2.75, 3.05) is 31.7 Å². The average Bonchev–Trinajstić information content (AvgIpc) is 2.75. The van der Waals surface area contributed by atoms with Gasteiger partial charge in [-0.05, 0) is 25.0 Å². The summed E-state index contributed by atoms with van der Waals surface area (Å²) >= 11 is 0. The highest BCUT2D eigenvalue weighted by Gasteiger charge is 2.27. The summed E-state index contributed by atoms with van der Waals surface area (Å²) in [6, 6.07) is 7.80. The van der Waals surface area contributed by atoms with Crippen LogP contribution >= 0.6 is 0 Å². The van der Waals surface area contributed by atoms with Crippen molar-refractivity contribution >= 4 is 17.6 Å². The summed E-state index contributed by atoms with van der Waals surface area (Å²) in [5.41, 5.74) is 2.31. The Morgan fingerprint density at radius 3 is 2.90 bits per heavy atom. The molecule has 0 bridgehead atoms. The van der Waals surface area contributed by atoms with Crippen LogP contribution in [-0.2, 0) is 16.0 Å². The van der Waals surface area contributed by atoms with Crippen LogP contribution in [0.4, 0.5) is 10.5 Å². The fraction of sp³-hybridized carbons (Fsp3) is 0.467. The molecule has 0 aliphatic carbocycles. The van der Waals surface area contributed by atoms with Gasteiger partial charge in [-0.25, -0.2) is 4.79 Å². The number of para-hydroxylation sites is 1. The van der Waals surface area contributed by atoms with E-state index in [0.29, 0.717) is 13.2 Å². The Bertz CT molecular complexity index is 519. The second kappa shape index (κ2) is 7.08. The molecule has 1 aliphatic rings. The summed E-state index contributed by atoms with van der Waals surface area (Å²) in [6.07, 6.45) is 0.920. The van der Waals surface area contributed by atoms with Crippen molar-refractivity contribution in [1.29, 1.82) is 0 Å². The lowest BCUT2D eigenvalue weighted by molar-refractivity contribution is -0.118. The monoisotopic (exact) mass is 291 g/mol. The fourth-order valence-corrected chi connectivity index (χ4v) is 2.50. The van der Waals surface area contributed by atoms with Gasteiger partial charge >= 0.3 is 6.03 Å². The number of ether oxygens (including phenoxy) is 1. The Kier molecular flexibility index (Phi) is 5.16. The van der Waals surface area contributed by atoms with Gasteiger partial charge in [-0.1, -0.05) is 18.2 Å². The number of nitrogens with one attached hydrogen (secondary N) is 2. The molecule has 0 fully saturated rings. The van der Waals surface area contributed by atoms with E-state index in [0.717, 1.165) is 12.1 Å². The van der Waals surface area contributed by atoms with Gasteiger partial charge < -0.3 is 15.0 Å². The van der Waals surface area contributed by atoms with Crippen LogP contribution in [0.2, 0.25) is 0 Å². The van der Waals surface area contributed by atoms with Gasteiger partial charge in [0.15, 0.2) is 0 Å². The predicted molar refractivity (Wildman–Crippen MR) is 80.4 cm³/mol. The van der Waals surface area contributed by atoms with E-state index in [1.54, 1.807) is 7.11 Å². The first-order chi connectivity index (χ1) is 10.1. The maximum Gasteiger partial charge on any atom is 0.321 e. The lowest BCUT2D eigenvalue weighted by Crippen LogP contribution is -2.46. The second-order valence-electron chi connectivity index (χ2n) is 5.11. The number of hydrogen-bond acceptors (Lipinski definition) is 4. The number of carbonyl (C=O) groups excluding carboxylic acids is 2. The highest BCUT2D eigenvalue weighted by molar-refractivity contribution is 5.96. The number of methoxy groups -OCH3 is 1. The van der Waals surface area contributed by atoms with E-state index >= 15 is 0 Å². The molecule has 6 heteroatoms. The third kappa shape index (κ3) is 3.95. The molecule has 0 aromatic heterocycles. The zero-order valence-corrected chi connectivity index (χ0v) is 12.4. The first-order valence-electron chi connectivity index (χ1n) is 7.03. The second-order valence-corrected chi connectivity index (χ2v) is 5.11. The van der Waals surface area contributed by atoms with Crippen molar-refractivity contribution in [2.45, 2.75) is 19.4 Å². The summed E-state index contributed by atoms with van der Waals surface area (Å²) in [7, 11) is 1.55. The number of nitrogens with zero attached hydrogens (tertiary/aromatic N) is 1. The third-order valence-electron chi connectivity index (χ3n) is 3.51. The number of rotatable bonds is 5. The smallest absolute Gasteiger partial charge is 0.321 e. The average molecular weight is 291 g/mol. The molecular formula is C15H21N3O3. The number of urea groups is 1. The number of fused-ring (bicyclic) bond motifs is 1. The number of hydrogen-bond donors (Lipinski definition) is 2. The van der Waals surface area contributed by atoms with E-state index < -0.39 is 6.03 Å². The van der Waals surface area contributed by atoms with Gasteiger partial charge in [0.05, 0.1) is 13.2 Å². The number of imide groups is 1. The van der Waals surface area contributed by atoms with Gasteiger partial charge in [-0.15, -0.1) is 0 Å². The predicted octanol–water partition coefficient (Wildman–Crippen LogP) is 0.910. The quantitative estimate of drug-likeness (QED) is 0.791. The fourth-order valence-electron chi connectivity index (χ4n) is 2.50. The molecule has 1 aliphatic heterocycles. The largest absolute Gasteiger partial charge is 0.383 e. The first kappa shape index (κ1) is 15.3.